The van der Waals surface area contributed by atoms with Crippen LogP contribution < -0.4 is 5.32 Å². The molecular weight excluding hydrogens is 430 g/mol. The Morgan fingerprint density at radius 1 is 1.25 bits per heavy atom. The van der Waals surface area contributed by atoms with Gasteiger partial charge >= 0.3 is 0 Å². The van der Waals surface area contributed by atoms with Crippen LogP contribution in [0.1, 0.15) is 5.56 Å². The van der Waals surface area contributed by atoms with Crippen LogP contribution in [0.4, 0.5) is 14.9 Å². The Kier molecular flexibility index (Phi) is 5.93. The summed E-state index contributed by atoms with van der Waals surface area (Å²) in [5.74, 6) is -2.20. The highest BCUT2D eigenvalue weighted by Crippen LogP contribution is 2.37. The number of nitrogens with one attached hydrogen (secondary N) is 1. The first-order valence-electron chi connectivity index (χ1n) is 7.73. The molecule has 0 spiro atoms. The van der Waals surface area contributed by atoms with Crippen LogP contribution in [-0.4, -0.2) is 33.6 Å². The maximum atomic E-state index is 13.2. The highest BCUT2D eigenvalue weighted by molar-refractivity contribution is 8.18. The molecule has 0 saturated carbocycles. The van der Waals surface area contributed by atoms with Gasteiger partial charge in [-0.3, -0.25) is 19.3 Å². The van der Waals surface area contributed by atoms with Gasteiger partial charge in [0, 0.05) is 16.3 Å². The molecule has 0 aliphatic carbocycles. The van der Waals surface area contributed by atoms with Gasteiger partial charge < -0.3 is 10.4 Å². The van der Waals surface area contributed by atoms with Crippen molar-refractivity contribution in [3.05, 3.63) is 62.7 Å². The number of amides is 3. The predicted octanol–water partition coefficient (Wildman–Crippen LogP) is 4.51. The van der Waals surface area contributed by atoms with E-state index >= 15 is 0 Å². The van der Waals surface area contributed by atoms with Gasteiger partial charge in [-0.05, 0) is 48.2 Å². The standard InChI is InChI=1S/C18H11Cl2FN2O4S/c19-10-4-9(16(25)13(20)6-10)5-14-17(26)23(18(27)28-14)8-15(24)22-12-3-1-2-11(21)7-12/h1-7,25H,8H2,(H,22,24)/b14-5+. The number of phenols is 1. The Bertz CT molecular complexity index is 1030. The lowest BCUT2D eigenvalue weighted by Gasteiger charge is -2.12. The van der Waals surface area contributed by atoms with Crippen LogP contribution in [0, 0.1) is 5.82 Å². The zero-order chi connectivity index (χ0) is 20.4. The molecule has 6 nitrogen and oxygen atoms in total. The summed E-state index contributed by atoms with van der Waals surface area (Å²) in [5.41, 5.74) is 0.359. The third kappa shape index (κ3) is 4.46. The van der Waals surface area contributed by atoms with Gasteiger partial charge in [-0.2, -0.15) is 0 Å². The molecule has 1 aliphatic heterocycles. The van der Waals surface area contributed by atoms with E-state index in [1.807, 2.05) is 0 Å². The molecule has 0 radical (unpaired) electrons. The Labute approximate surface area is 172 Å². The average molecular weight is 441 g/mol. The van der Waals surface area contributed by atoms with Gasteiger partial charge in [-0.15, -0.1) is 0 Å². The highest BCUT2D eigenvalue weighted by atomic mass is 35.5. The molecule has 0 unspecified atom stereocenters. The first kappa shape index (κ1) is 20.2. The monoisotopic (exact) mass is 440 g/mol. The molecule has 28 heavy (non-hydrogen) atoms. The van der Waals surface area contributed by atoms with E-state index in [4.69, 9.17) is 23.2 Å². The molecule has 0 aromatic heterocycles. The number of thioether (sulfide) groups is 1. The van der Waals surface area contributed by atoms with Gasteiger partial charge in [0.1, 0.15) is 18.1 Å². The van der Waals surface area contributed by atoms with Crippen LogP contribution in [0.3, 0.4) is 0 Å². The molecular formula is C18H11Cl2FN2O4S. The number of rotatable bonds is 4. The normalized spacial score (nSPS) is 15.4. The maximum Gasteiger partial charge on any atom is 0.294 e. The van der Waals surface area contributed by atoms with Gasteiger partial charge in [0.25, 0.3) is 11.1 Å². The first-order chi connectivity index (χ1) is 13.2. The fraction of sp³-hybridized carbons (Fsp3) is 0.0556. The molecule has 1 saturated heterocycles. The second kappa shape index (κ2) is 8.22. The van der Waals surface area contributed by atoms with Crippen molar-refractivity contribution >= 4 is 63.8 Å². The summed E-state index contributed by atoms with van der Waals surface area (Å²) in [6.07, 6.45) is 1.27. The third-order valence-electron chi connectivity index (χ3n) is 3.63. The molecule has 2 aromatic carbocycles. The number of anilines is 1. The van der Waals surface area contributed by atoms with Crippen LogP contribution in [0.2, 0.25) is 10.0 Å². The van der Waals surface area contributed by atoms with Crippen LogP contribution >= 0.6 is 35.0 Å². The lowest BCUT2D eigenvalue weighted by Crippen LogP contribution is -2.36. The van der Waals surface area contributed by atoms with E-state index in [9.17, 15) is 23.9 Å². The molecule has 2 N–H and O–H groups in total. The third-order valence-corrected chi connectivity index (χ3v) is 5.04. The zero-order valence-electron chi connectivity index (χ0n) is 13.9. The van der Waals surface area contributed by atoms with Gasteiger partial charge in [-0.25, -0.2) is 4.39 Å². The van der Waals surface area contributed by atoms with Crippen molar-refractivity contribution in [2.75, 3.05) is 11.9 Å². The van der Waals surface area contributed by atoms with E-state index in [-0.39, 0.29) is 32.0 Å². The van der Waals surface area contributed by atoms with E-state index in [1.54, 1.807) is 0 Å². The zero-order valence-corrected chi connectivity index (χ0v) is 16.2. The number of hydrogen-bond donors (Lipinski definition) is 2. The molecule has 10 heteroatoms. The summed E-state index contributed by atoms with van der Waals surface area (Å²) in [7, 11) is 0. The Morgan fingerprint density at radius 2 is 2.00 bits per heavy atom. The average Bonchev–Trinajstić information content (AvgIpc) is 2.86. The fourth-order valence-electron chi connectivity index (χ4n) is 2.38. The number of phenolic OH excluding ortho intramolecular Hbond substituents is 1. The predicted molar refractivity (Wildman–Crippen MR) is 106 cm³/mol. The largest absolute Gasteiger partial charge is 0.506 e. The first-order valence-corrected chi connectivity index (χ1v) is 9.30. The summed E-state index contributed by atoms with van der Waals surface area (Å²) in [5, 5.41) is 12.0. The molecule has 1 fully saturated rings. The van der Waals surface area contributed by atoms with E-state index in [0.29, 0.717) is 11.8 Å². The second-order valence-electron chi connectivity index (χ2n) is 5.65. The Balaban J connectivity index is 1.76. The van der Waals surface area contributed by atoms with Gasteiger partial charge in [0.2, 0.25) is 5.91 Å². The van der Waals surface area contributed by atoms with Crippen molar-refractivity contribution in [2.24, 2.45) is 0 Å². The number of aromatic hydroxyl groups is 1. The number of carbonyl (C=O) groups is 3. The maximum absolute atomic E-state index is 13.2. The summed E-state index contributed by atoms with van der Waals surface area (Å²) >= 11 is 12.3. The van der Waals surface area contributed by atoms with Crippen molar-refractivity contribution in [3.63, 3.8) is 0 Å². The number of nitrogens with zero attached hydrogens (tertiary/aromatic N) is 1. The molecule has 0 atom stereocenters. The van der Waals surface area contributed by atoms with E-state index in [2.05, 4.69) is 5.32 Å². The van der Waals surface area contributed by atoms with E-state index < -0.39 is 29.4 Å². The Morgan fingerprint density at radius 3 is 2.71 bits per heavy atom. The Hall–Kier alpha value is -2.55. The van der Waals surface area contributed by atoms with Crippen LogP contribution in [0.5, 0.6) is 5.75 Å². The second-order valence-corrected chi connectivity index (χ2v) is 7.49. The number of benzene rings is 2. The van der Waals surface area contributed by atoms with Crippen molar-refractivity contribution < 1.29 is 23.9 Å². The van der Waals surface area contributed by atoms with Crippen molar-refractivity contribution in [1.29, 1.82) is 0 Å². The minimum Gasteiger partial charge on any atom is -0.506 e. The lowest BCUT2D eigenvalue weighted by molar-refractivity contribution is -0.127. The van der Waals surface area contributed by atoms with Crippen molar-refractivity contribution in [1.82, 2.24) is 4.90 Å². The van der Waals surface area contributed by atoms with Gasteiger partial charge in [0.15, 0.2) is 0 Å². The summed E-state index contributed by atoms with van der Waals surface area (Å²) in [6, 6.07) is 7.92. The van der Waals surface area contributed by atoms with E-state index in [1.165, 1.54) is 36.4 Å². The van der Waals surface area contributed by atoms with Gasteiger partial charge in [0.05, 0.1) is 9.93 Å². The molecule has 1 aliphatic rings. The minimum atomic E-state index is -0.708. The molecule has 2 aromatic rings. The molecule has 3 rings (SSSR count). The number of hydrogen-bond acceptors (Lipinski definition) is 5. The highest BCUT2D eigenvalue weighted by Gasteiger charge is 2.36. The lowest BCUT2D eigenvalue weighted by atomic mass is 10.2. The topological polar surface area (TPSA) is 86.7 Å². The smallest absolute Gasteiger partial charge is 0.294 e. The number of carbonyl (C=O) groups excluding carboxylic acids is 3. The van der Waals surface area contributed by atoms with Gasteiger partial charge in [-0.1, -0.05) is 29.3 Å². The molecule has 0 bridgehead atoms. The van der Waals surface area contributed by atoms with E-state index in [0.717, 1.165) is 11.0 Å². The number of imide groups is 1. The van der Waals surface area contributed by atoms with Crippen molar-refractivity contribution in [3.8, 4) is 5.75 Å². The fourth-order valence-corrected chi connectivity index (χ4v) is 3.72. The summed E-state index contributed by atoms with van der Waals surface area (Å²) in [4.78, 5) is 37.4. The summed E-state index contributed by atoms with van der Waals surface area (Å²) in [6.45, 7) is -0.541. The van der Waals surface area contributed by atoms with Crippen LogP contribution in [0.25, 0.3) is 6.08 Å². The SMILES string of the molecule is O=C(CN1C(=O)S/C(=C/c2cc(Cl)cc(Cl)c2O)C1=O)Nc1cccc(F)c1. The molecule has 144 valence electrons. The number of halogens is 3. The quantitative estimate of drug-likeness (QED) is 0.682. The minimum absolute atomic E-state index is 0.00260. The molecule has 3 amide bonds. The molecule has 1 heterocycles. The van der Waals surface area contributed by atoms with Crippen LogP contribution in [-0.2, 0) is 9.59 Å². The summed E-state index contributed by atoms with van der Waals surface area (Å²) < 4.78 is 13.2. The van der Waals surface area contributed by atoms with Crippen molar-refractivity contribution in [2.45, 2.75) is 0 Å². The van der Waals surface area contributed by atoms with Crippen LogP contribution in [0.15, 0.2) is 41.3 Å².